The largest absolute Gasteiger partial charge is 0.310 e. The maximum Gasteiger partial charge on any atom is 0.270 e. The molecule has 0 bridgehead atoms. The van der Waals surface area contributed by atoms with E-state index in [-0.39, 0.29) is 17.6 Å². The van der Waals surface area contributed by atoms with Crippen molar-refractivity contribution < 1.29 is 9.18 Å². The normalized spacial score (nSPS) is 24.9. The lowest BCUT2D eigenvalue weighted by Gasteiger charge is -2.15. The number of halogens is 1. The maximum atomic E-state index is 13.8. The molecule has 1 unspecified atom stereocenters. The van der Waals surface area contributed by atoms with E-state index in [9.17, 15) is 9.18 Å². The third-order valence-corrected chi connectivity index (χ3v) is 4.66. The number of carbonyl (C=O) groups is 1. The van der Waals surface area contributed by atoms with Crippen LogP contribution in [0.4, 0.5) is 10.1 Å². The lowest BCUT2D eigenvalue weighted by Crippen LogP contribution is -2.29. The first-order valence-electron chi connectivity index (χ1n) is 6.43. The van der Waals surface area contributed by atoms with Crippen molar-refractivity contribution in [3.63, 3.8) is 0 Å². The molecular formula is C14H13FN2OS2. The number of thioether (sulfide) groups is 1. The fourth-order valence-electron chi connectivity index (χ4n) is 2.36. The van der Waals surface area contributed by atoms with Gasteiger partial charge in [0.05, 0.1) is 10.6 Å². The molecule has 2 aliphatic heterocycles. The molecule has 6 heteroatoms. The maximum absolute atomic E-state index is 13.8. The van der Waals surface area contributed by atoms with Gasteiger partial charge in [-0.05, 0) is 37.6 Å². The Balaban J connectivity index is 1.89. The van der Waals surface area contributed by atoms with Crippen LogP contribution < -0.4 is 10.2 Å². The summed E-state index contributed by atoms with van der Waals surface area (Å²) in [5.41, 5.74) is 0.220. The first-order chi connectivity index (χ1) is 9.66. The second kappa shape index (κ2) is 5.63. The lowest BCUT2D eigenvalue weighted by molar-refractivity contribution is -0.113. The van der Waals surface area contributed by atoms with Gasteiger partial charge >= 0.3 is 0 Å². The Morgan fingerprint density at radius 1 is 1.45 bits per heavy atom. The lowest BCUT2D eigenvalue weighted by atomic mass is 10.2. The van der Waals surface area contributed by atoms with Crippen LogP contribution in [0.2, 0.25) is 0 Å². The fourth-order valence-corrected chi connectivity index (χ4v) is 3.68. The van der Waals surface area contributed by atoms with Crippen molar-refractivity contribution in [1.82, 2.24) is 5.32 Å². The van der Waals surface area contributed by atoms with E-state index >= 15 is 0 Å². The highest BCUT2D eigenvalue weighted by Crippen LogP contribution is 2.36. The number of carbonyl (C=O) groups excluding carboxylic acids is 1. The number of rotatable bonds is 2. The molecule has 2 fully saturated rings. The highest BCUT2D eigenvalue weighted by Gasteiger charge is 2.35. The molecule has 1 aromatic rings. The number of amides is 1. The van der Waals surface area contributed by atoms with Crippen LogP contribution in [-0.4, -0.2) is 22.8 Å². The summed E-state index contributed by atoms with van der Waals surface area (Å²) in [5.74, 6) is -0.678. The molecule has 0 saturated carbocycles. The molecule has 2 saturated heterocycles. The number of hydrogen-bond donors (Lipinski definition) is 1. The van der Waals surface area contributed by atoms with Gasteiger partial charge in [-0.2, -0.15) is 0 Å². The summed E-state index contributed by atoms with van der Waals surface area (Å²) >= 11 is 6.45. The molecule has 0 radical (unpaired) electrons. The van der Waals surface area contributed by atoms with Crippen LogP contribution >= 0.6 is 24.0 Å². The zero-order chi connectivity index (χ0) is 14.1. The van der Waals surface area contributed by atoms with E-state index in [2.05, 4.69) is 5.32 Å². The van der Waals surface area contributed by atoms with E-state index in [0.29, 0.717) is 9.23 Å². The number of para-hydroxylation sites is 1. The molecule has 2 aliphatic rings. The summed E-state index contributed by atoms with van der Waals surface area (Å²) in [6, 6.07) is 6.39. The first-order valence-corrected chi connectivity index (χ1v) is 7.65. The second-order valence-electron chi connectivity index (χ2n) is 4.69. The summed E-state index contributed by atoms with van der Waals surface area (Å²) in [6.45, 7) is 0.967. The number of thiocarbonyl (C=S) groups is 1. The average Bonchev–Trinajstić information content (AvgIpc) is 3.01. The molecule has 2 heterocycles. The van der Waals surface area contributed by atoms with Crippen LogP contribution in [0.3, 0.4) is 0 Å². The van der Waals surface area contributed by atoms with Crippen molar-refractivity contribution in [3.8, 4) is 0 Å². The van der Waals surface area contributed by atoms with Crippen molar-refractivity contribution in [1.29, 1.82) is 0 Å². The third-order valence-electron chi connectivity index (χ3n) is 3.34. The van der Waals surface area contributed by atoms with Crippen molar-refractivity contribution >= 4 is 39.9 Å². The Morgan fingerprint density at radius 3 is 2.95 bits per heavy atom. The van der Waals surface area contributed by atoms with Gasteiger partial charge in [0.15, 0.2) is 4.32 Å². The average molecular weight is 308 g/mol. The van der Waals surface area contributed by atoms with Crippen molar-refractivity contribution in [3.05, 3.63) is 41.1 Å². The molecule has 1 atom stereocenters. The van der Waals surface area contributed by atoms with Gasteiger partial charge in [-0.15, -0.1) is 0 Å². The van der Waals surface area contributed by atoms with Gasteiger partial charge in [0.2, 0.25) is 0 Å². The minimum Gasteiger partial charge on any atom is -0.310 e. The number of anilines is 1. The minimum atomic E-state index is -0.441. The molecule has 0 aromatic heterocycles. The molecule has 104 valence electrons. The number of nitrogens with one attached hydrogen (secondary N) is 1. The van der Waals surface area contributed by atoms with Gasteiger partial charge in [0.1, 0.15) is 5.82 Å². The topological polar surface area (TPSA) is 32.3 Å². The second-order valence-corrected chi connectivity index (χ2v) is 6.37. The van der Waals surface area contributed by atoms with Crippen LogP contribution in [0.15, 0.2) is 35.2 Å². The Morgan fingerprint density at radius 2 is 2.25 bits per heavy atom. The molecule has 3 nitrogen and oxygen atoms in total. The Kier molecular flexibility index (Phi) is 3.87. The van der Waals surface area contributed by atoms with E-state index in [0.717, 1.165) is 19.4 Å². The highest BCUT2D eigenvalue weighted by atomic mass is 32.2. The first kappa shape index (κ1) is 13.7. The summed E-state index contributed by atoms with van der Waals surface area (Å²) in [7, 11) is 0. The Bertz CT molecular complexity index is 597. The SMILES string of the molecule is O=C1/C(=C/C2CCCN2)SC(=S)N1c1ccccc1F. The molecule has 0 aliphatic carbocycles. The van der Waals surface area contributed by atoms with Gasteiger partial charge in [-0.25, -0.2) is 4.39 Å². The molecule has 0 spiro atoms. The summed E-state index contributed by atoms with van der Waals surface area (Å²) in [5, 5.41) is 3.31. The van der Waals surface area contributed by atoms with Crippen LogP contribution in [0.25, 0.3) is 0 Å². The quantitative estimate of drug-likeness (QED) is 0.673. The standard InChI is InChI=1S/C14H13FN2OS2/c15-10-5-1-2-6-11(10)17-13(18)12(20-14(17)19)8-9-4-3-7-16-9/h1-2,5-6,8-9,16H,3-4,7H2/b12-8-. The van der Waals surface area contributed by atoms with Gasteiger partial charge in [0.25, 0.3) is 5.91 Å². The monoisotopic (exact) mass is 308 g/mol. The summed E-state index contributed by atoms with van der Waals surface area (Å²) < 4.78 is 14.2. The summed E-state index contributed by atoms with van der Waals surface area (Å²) in [6.07, 6.45) is 4.03. The van der Waals surface area contributed by atoms with E-state index < -0.39 is 5.82 Å². The zero-order valence-electron chi connectivity index (χ0n) is 10.6. The van der Waals surface area contributed by atoms with Crippen LogP contribution in [0.5, 0.6) is 0 Å². The van der Waals surface area contributed by atoms with Crippen molar-refractivity contribution in [2.24, 2.45) is 0 Å². The highest BCUT2D eigenvalue weighted by molar-refractivity contribution is 8.27. The van der Waals surface area contributed by atoms with E-state index in [1.807, 2.05) is 6.08 Å². The van der Waals surface area contributed by atoms with E-state index in [1.54, 1.807) is 18.2 Å². The van der Waals surface area contributed by atoms with E-state index in [1.165, 1.54) is 22.7 Å². The predicted octanol–water partition coefficient (Wildman–Crippen LogP) is 2.83. The van der Waals surface area contributed by atoms with E-state index in [4.69, 9.17) is 12.2 Å². The van der Waals surface area contributed by atoms with Crippen LogP contribution in [0.1, 0.15) is 12.8 Å². The van der Waals surface area contributed by atoms with Gasteiger partial charge in [-0.1, -0.05) is 36.1 Å². The third kappa shape index (κ3) is 2.51. The molecule has 1 aromatic carbocycles. The fraction of sp³-hybridized carbons (Fsp3) is 0.286. The minimum absolute atomic E-state index is 0.213. The van der Waals surface area contributed by atoms with Crippen molar-refractivity contribution in [2.45, 2.75) is 18.9 Å². The Hall–Kier alpha value is -1.24. The Labute approximate surface area is 126 Å². The molecule has 20 heavy (non-hydrogen) atoms. The van der Waals surface area contributed by atoms with Crippen LogP contribution in [-0.2, 0) is 4.79 Å². The number of benzene rings is 1. The number of nitrogens with zero attached hydrogens (tertiary/aromatic N) is 1. The molecule has 1 amide bonds. The smallest absolute Gasteiger partial charge is 0.270 e. The van der Waals surface area contributed by atoms with Crippen LogP contribution in [0, 0.1) is 5.82 Å². The number of hydrogen-bond acceptors (Lipinski definition) is 4. The van der Waals surface area contributed by atoms with Gasteiger partial charge in [0, 0.05) is 6.04 Å². The van der Waals surface area contributed by atoms with Gasteiger partial charge in [-0.3, -0.25) is 9.69 Å². The summed E-state index contributed by atoms with van der Waals surface area (Å²) in [4.78, 5) is 14.3. The molecule has 1 N–H and O–H groups in total. The molecule has 3 rings (SSSR count). The predicted molar refractivity (Wildman–Crippen MR) is 83.2 cm³/mol. The zero-order valence-corrected chi connectivity index (χ0v) is 12.3. The molecular weight excluding hydrogens is 295 g/mol. The van der Waals surface area contributed by atoms with Gasteiger partial charge < -0.3 is 5.32 Å². The van der Waals surface area contributed by atoms with Crippen molar-refractivity contribution in [2.75, 3.05) is 11.4 Å².